The average molecular weight is 282 g/mol. The van der Waals surface area contributed by atoms with Crippen LogP contribution in [-0.2, 0) is 6.54 Å². The summed E-state index contributed by atoms with van der Waals surface area (Å²) >= 11 is 0. The molecule has 1 aromatic carbocycles. The Morgan fingerprint density at radius 2 is 2.00 bits per heavy atom. The zero-order chi connectivity index (χ0) is 14.8. The zero-order valence-electron chi connectivity index (χ0n) is 11.5. The Balaban J connectivity index is 1.84. The first-order valence-corrected chi connectivity index (χ1v) is 6.51. The Morgan fingerprint density at radius 3 is 2.71 bits per heavy atom. The van der Waals surface area contributed by atoms with Crippen molar-refractivity contribution in [2.45, 2.75) is 6.54 Å². The van der Waals surface area contributed by atoms with Crippen molar-refractivity contribution in [2.24, 2.45) is 0 Å². The Labute approximate surface area is 121 Å². The minimum Gasteiger partial charge on any atom is -0.478 e. The summed E-state index contributed by atoms with van der Waals surface area (Å²) in [5, 5.41) is 9.86. The van der Waals surface area contributed by atoms with Gasteiger partial charge in [0.1, 0.15) is 11.4 Å². The van der Waals surface area contributed by atoms with Crippen molar-refractivity contribution in [3.05, 3.63) is 60.0 Å². The molecule has 0 bridgehead atoms. The molecule has 0 aliphatic heterocycles. The minimum atomic E-state index is -0.917. The summed E-state index contributed by atoms with van der Waals surface area (Å²) < 4.78 is 5.37. The van der Waals surface area contributed by atoms with E-state index in [1.807, 2.05) is 36.2 Å². The molecule has 0 spiro atoms. The lowest BCUT2D eigenvalue weighted by atomic mass is 10.1. The second kappa shape index (κ2) is 5.28. The lowest BCUT2D eigenvalue weighted by molar-refractivity contribution is 0.0697. The Bertz CT molecular complexity index is 778. The minimum absolute atomic E-state index is 0.288. The number of aromatic nitrogens is 1. The Morgan fingerprint density at radius 1 is 1.24 bits per heavy atom. The predicted octanol–water partition coefficient (Wildman–Crippen LogP) is 3.16. The second-order valence-corrected chi connectivity index (χ2v) is 4.83. The zero-order valence-corrected chi connectivity index (χ0v) is 11.5. The number of anilines is 1. The average Bonchev–Trinajstić information content (AvgIpc) is 2.96. The summed E-state index contributed by atoms with van der Waals surface area (Å²) in [6.45, 7) is 0.636. The molecule has 2 aromatic heterocycles. The van der Waals surface area contributed by atoms with Crippen molar-refractivity contribution in [3.63, 3.8) is 0 Å². The van der Waals surface area contributed by atoms with Crippen molar-refractivity contribution in [1.29, 1.82) is 0 Å². The van der Waals surface area contributed by atoms with Gasteiger partial charge in [0.05, 0.1) is 17.2 Å². The topological polar surface area (TPSA) is 66.6 Å². The third-order valence-electron chi connectivity index (χ3n) is 3.34. The molecule has 0 saturated heterocycles. The van der Waals surface area contributed by atoms with E-state index in [0.717, 1.165) is 22.4 Å². The van der Waals surface area contributed by atoms with Crippen LogP contribution in [0.25, 0.3) is 11.0 Å². The molecule has 0 unspecified atom stereocenters. The number of carboxylic acid groups (broad SMARTS) is 1. The molecule has 5 nitrogen and oxygen atoms in total. The summed E-state index contributed by atoms with van der Waals surface area (Å²) in [6.07, 6.45) is 3.36. The number of fused-ring (bicyclic) bond motifs is 1. The molecule has 106 valence electrons. The van der Waals surface area contributed by atoms with E-state index in [9.17, 15) is 4.79 Å². The van der Waals surface area contributed by atoms with Gasteiger partial charge in [-0.25, -0.2) is 9.78 Å². The highest BCUT2D eigenvalue weighted by Crippen LogP contribution is 2.25. The van der Waals surface area contributed by atoms with Gasteiger partial charge < -0.3 is 14.4 Å². The summed E-state index contributed by atoms with van der Waals surface area (Å²) in [6, 6.07) is 10.6. The highest BCUT2D eigenvalue weighted by molar-refractivity contribution is 5.88. The molecule has 0 saturated carbocycles. The fourth-order valence-electron chi connectivity index (χ4n) is 2.29. The van der Waals surface area contributed by atoms with Crippen LogP contribution in [0.15, 0.2) is 53.3 Å². The van der Waals surface area contributed by atoms with Gasteiger partial charge in [-0.3, -0.25) is 0 Å². The van der Waals surface area contributed by atoms with Crippen LogP contribution in [0.4, 0.5) is 5.82 Å². The number of benzene rings is 1. The Kier molecular flexibility index (Phi) is 3.31. The molecule has 0 radical (unpaired) electrons. The van der Waals surface area contributed by atoms with Gasteiger partial charge in [0.15, 0.2) is 0 Å². The number of rotatable bonds is 4. The van der Waals surface area contributed by atoms with E-state index in [2.05, 4.69) is 4.98 Å². The maximum absolute atomic E-state index is 10.8. The Hall–Kier alpha value is -2.82. The fraction of sp³-hybridized carbons (Fsp3) is 0.125. The number of pyridine rings is 1. The van der Waals surface area contributed by atoms with Crippen molar-refractivity contribution in [3.8, 4) is 0 Å². The van der Waals surface area contributed by atoms with Crippen LogP contribution in [0, 0.1) is 0 Å². The quantitative estimate of drug-likeness (QED) is 0.796. The number of aromatic carboxylic acids is 1. The van der Waals surface area contributed by atoms with Gasteiger partial charge >= 0.3 is 5.97 Å². The fourth-order valence-corrected chi connectivity index (χ4v) is 2.29. The van der Waals surface area contributed by atoms with Gasteiger partial charge in [-0.05, 0) is 29.8 Å². The number of carbonyl (C=O) groups is 1. The van der Waals surface area contributed by atoms with Crippen molar-refractivity contribution in [1.82, 2.24) is 4.98 Å². The van der Waals surface area contributed by atoms with Gasteiger partial charge in [-0.15, -0.1) is 0 Å². The van der Waals surface area contributed by atoms with Crippen LogP contribution >= 0.6 is 0 Å². The van der Waals surface area contributed by atoms with Gasteiger partial charge in [-0.2, -0.15) is 0 Å². The normalized spacial score (nSPS) is 10.7. The van der Waals surface area contributed by atoms with E-state index >= 15 is 0 Å². The first-order valence-electron chi connectivity index (χ1n) is 6.51. The smallest absolute Gasteiger partial charge is 0.335 e. The molecule has 0 aliphatic carbocycles. The van der Waals surface area contributed by atoms with Crippen molar-refractivity contribution in [2.75, 3.05) is 11.9 Å². The second-order valence-electron chi connectivity index (χ2n) is 4.83. The molecule has 5 heteroatoms. The maximum atomic E-state index is 10.8. The lowest BCUT2D eigenvalue weighted by Crippen LogP contribution is -2.17. The van der Waals surface area contributed by atoms with E-state index < -0.39 is 5.97 Å². The van der Waals surface area contributed by atoms with E-state index in [-0.39, 0.29) is 5.56 Å². The van der Waals surface area contributed by atoms with Gasteiger partial charge in [0.25, 0.3) is 0 Å². The molecular formula is C16H14N2O3. The molecule has 0 amide bonds. The van der Waals surface area contributed by atoms with Gasteiger partial charge in [-0.1, -0.05) is 12.1 Å². The third kappa shape index (κ3) is 2.58. The standard InChI is InChI=1S/C16H14N2O3/c1-18(10-11-2-4-12(5-3-11)16(19)20)15-13-7-9-21-14(13)6-8-17-15/h2-9H,10H2,1H3,(H,19,20). The van der Waals surface area contributed by atoms with Crippen LogP contribution in [0.1, 0.15) is 15.9 Å². The van der Waals surface area contributed by atoms with Crippen LogP contribution in [0.3, 0.4) is 0 Å². The van der Waals surface area contributed by atoms with Gasteiger partial charge in [0.2, 0.25) is 0 Å². The van der Waals surface area contributed by atoms with Crippen LogP contribution < -0.4 is 4.90 Å². The summed E-state index contributed by atoms with van der Waals surface area (Å²) in [7, 11) is 1.94. The first kappa shape index (κ1) is 13.2. The summed E-state index contributed by atoms with van der Waals surface area (Å²) in [5.41, 5.74) is 2.11. The number of furan rings is 1. The van der Waals surface area contributed by atoms with E-state index in [1.54, 1.807) is 24.6 Å². The molecular weight excluding hydrogens is 268 g/mol. The van der Waals surface area contributed by atoms with Gasteiger partial charge in [0, 0.05) is 19.8 Å². The highest BCUT2D eigenvalue weighted by Gasteiger charge is 2.10. The molecule has 0 atom stereocenters. The number of carboxylic acids is 1. The predicted molar refractivity (Wildman–Crippen MR) is 79.5 cm³/mol. The highest BCUT2D eigenvalue weighted by atomic mass is 16.4. The molecule has 3 aromatic rings. The molecule has 3 rings (SSSR count). The molecule has 0 aliphatic rings. The van der Waals surface area contributed by atoms with E-state index in [1.165, 1.54) is 0 Å². The molecule has 0 fully saturated rings. The lowest BCUT2D eigenvalue weighted by Gasteiger charge is -2.18. The van der Waals surface area contributed by atoms with Crippen LogP contribution in [0.5, 0.6) is 0 Å². The molecule has 1 N–H and O–H groups in total. The van der Waals surface area contributed by atoms with Crippen molar-refractivity contribution < 1.29 is 14.3 Å². The first-order chi connectivity index (χ1) is 10.1. The van der Waals surface area contributed by atoms with Crippen LogP contribution in [0.2, 0.25) is 0 Å². The largest absolute Gasteiger partial charge is 0.478 e. The number of nitrogens with zero attached hydrogens (tertiary/aromatic N) is 2. The van der Waals surface area contributed by atoms with Crippen molar-refractivity contribution >= 4 is 22.8 Å². The van der Waals surface area contributed by atoms with E-state index in [0.29, 0.717) is 6.54 Å². The summed E-state index contributed by atoms with van der Waals surface area (Å²) in [5.74, 6) is -0.0803. The number of hydrogen-bond acceptors (Lipinski definition) is 4. The van der Waals surface area contributed by atoms with Crippen LogP contribution in [-0.4, -0.2) is 23.1 Å². The molecule has 2 heterocycles. The summed E-state index contributed by atoms with van der Waals surface area (Å²) in [4.78, 5) is 17.2. The number of hydrogen-bond donors (Lipinski definition) is 1. The SMILES string of the molecule is CN(Cc1ccc(C(=O)O)cc1)c1nccc2occc12. The maximum Gasteiger partial charge on any atom is 0.335 e. The monoisotopic (exact) mass is 282 g/mol. The molecule has 21 heavy (non-hydrogen) atoms. The van der Waals surface area contributed by atoms with E-state index in [4.69, 9.17) is 9.52 Å². The third-order valence-corrected chi connectivity index (χ3v) is 3.34.